The molecule has 4 amide bonds. The monoisotopic (exact) mass is 960 g/mol. The molecule has 0 atom stereocenters. The molecule has 0 aliphatic heterocycles. The van der Waals surface area contributed by atoms with Crippen LogP contribution in [0.2, 0.25) is 0 Å². The Kier molecular flexibility index (Phi) is 33.6. The van der Waals surface area contributed by atoms with Crippen LogP contribution in [0.15, 0.2) is 53.5 Å². The van der Waals surface area contributed by atoms with E-state index in [0.717, 1.165) is 11.3 Å². The molecule has 0 aliphatic rings. The molecule has 0 aromatic heterocycles. The van der Waals surface area contributed by atoms with Gasteiger partial charge in [-0.05, 0) is 194 Å². The number of hydrogen-bond acceptors (Lipinski definition) is 8. The van der Waals surface area contributed by atoms with Crippen molar-refractivity contribution in [3.63, 3.8) is 0 Å². The number of nitrogens with two attached hydrogens (primary N) is 1. The Bertz CT molecular complexity index is 2180. The Morgan fingerprint density at radius 1 is 0.676 bits per heavy atom. The van der Waals surface area contributed by atoms with E-state index in [1.807, 2.05) is 40.0 Å². The minimum absolute atomic E-state index is 0. The molecular weight excluding hydrogens is 883 g/mol. The number of aliphatic imine (C=N–C) groups is 1. The summed E-state index contributed by atoms with van der Waals surface area (Å²) in [6.07, 6.45) is -4.31. The highest BCUT2D eigenvalue weighted by Gasteiger charge is 2.25. The van der Waals surface area contributed by atoms with Crippen LogP contribution in [0, 0.1) is 75.1 Å². The molecule has 6 N–H and O–H groups in total. The van der Waals surface area contributed by atoms with E-state index in [9.17, 15) is 31.9 Å². The summed E-state index contributed by atoms with van der Waals surface area (Å²) in [6, 6.07) is 14.5. The molecule has 0 fully saturated rings. The Labute approximate surface area is 402 Å². The van der Waals surface area contributed by atoms with Gasteiger partial charge in [0.25, 0.3) is 0 Å². The van der Waals surface area contributed by atoms with Crippen molar-refractivity contribution in [2.75, 3.05) is 61.6 Å². The number of nitrogens with one attached hydrogen (secondary N) is 3. The SMILES string of the molecule is C.C.CCN=C=O.CCNC(=O)N(C)c1cc(C)c(C(=O)O)c(C)c1.CCNC(=O)N(C)c1cc(C)c(C)c(F)c1.CNc1cc(C)c(C)c(C)c1.Cc1cc(N)cc(C)c1C.O=CC(F)(F)F. The number of urea groups is 2. The number of carboxylic acid groups (broad SMARTS) is 1. The lowest BCUT2D eigenvalue weighted by Gasteiger charge is -2.19. The predicted octanol–water partition coefficient (Wildman–Crippen LogP) is 12.0. The van der Waals surface area contributed by atoms with Gasteiger partial charge in [0.05, 0.1) is 5.56 Å². The van der Waals surface area contributed by atoms with E-state index in [2.05, 4.69) is 74.6 Å². The quantitative estimate of drug-likeness (QED) is 0.0398. The van der Waals surface area contributed by atoms with Gasteiger partial charge in [0.2, 0.25) is 12.4 Å². The average molecular weight is 960 g/mol. The van der Waals surface area contributed by atoms with Gasteiger partial charge in [0.15, 0.2) is 0 Å². The van der Waals surface area contributed by atoms with E-state index < -0.39 is 18.4 Å². The Morgan fingerprint density at radius 3 is 1.29 bits per heavy atom. The van der Waals surface area contributed by atoms with Gasteiger partial charge in [0.1, 0.15) is 5.82 Å². The third kappa shape index (κ3) is 24.7. The first-order valence-electron chi connectivity index (χ1n) is 20.9. The van der Waals surface area contributed by atoms with Crippen molar-refractivity contribution in [2.24, 2.45) is 4.99 Å². The number of halogens is 4. The molecule has 17 heteroatoms. The topological polar surface area (TPSA) is 187 Å². The Balaban J connectivity index is -0.000000377. The second-order valence-corrected chi connectivity index (χ2v) is 14.9. The molecule has 4 aromatic rings. The number of amides is 4. The number of aromatic carboxylic acids is 1. The van der Waals surface area contributed by atoms with Gasteiger partial charge in [-0.15, -0.1) is 0 Å². The zero-order chi connectivity index (χ0) is 51.6. The van der Waals surface area contributed by atoms with Gasteiger partial charge >= 0.3 is 24.2 Å². The lowest BCUT2D eigenvalue weighted by Crippen LogP contribution is -2.37. The van der Waals surface area contributed by atoms with Gasteiger partial charge in [-0.25, -0.2) is 28.6 Å². The number of aryl methyl sites for hydroxylation is 7. The lowest BCUT2D eigenvalue weighted by atomic mass is 10.0. The van der Waals surface area contributed by atoms with Crippen LogP contribution in [0.25, 0.3) is 0 Å². The molecule has 0 spiro atoms. The number of carbonyl (C=O) groups is 4. The second-order valence-electron chi connectivity index (χ2n) is 14.9. The van der Waals surface area contributed by atoms with Crippen LogP contribution in [-0.4, -0.2) is 82.5 Å². The minimum atomic E-state index is -4.64. The van der Waals surface area contributed by atoms with Gasteiger partial charge in [-0.2, -0.15) is 13.2 Å². The Hall–Kier alpha value is -6.74. The number of carbonyl (C=O) groups excluding carboxylic acids is 4. The molecule has 0 saturated carbocycles. The van der Waals surface area contributed by atoms with Crippen LogP contribution in [0.3, 0.4) is 0 Å². The summed E-state index contributed by atoms with van der Waals surface area (Å²) < 4.78 is 44.7. The molecule has 0 unspecified atom stereocenters. The standard InChI is InChI=1S/C13H18N2O3.C12H17FN2O.C10H15N.C9H13N.C3H5NO.C2HF3O.2CH4/c1-5-14-13(18)15(4)10-6-8(2)11(12(16)17)9(3)7-10;1-5-14-12(16)15(4)10-6-8(2)9(3)11(13)7-10;1-7-5-10(11-4)6-8(2)9(7)3;1-6-4-9(10)5-7(2)8(6)3;1-2-4-3-5;3-2(4,5)1-6;;/h6-7H,5H2,1-4H3,(H,14,18)(H,16,17);6-7H,5H2,1-4H3,(H,14,16);5-6,11H,1-4H3;4-5H,10H2,1-3H3;2H2,1H3;1H;2*1H4. The fourth-order valence-electron chi connectivity index (χ4n) is 5.55. The maximum absolute atomic E-state index is 13.5. The van der Waals surface area contributed by atoms with Gasteiger partial charge < -0.3 is 26.8 Å². The molecule has 0 radical (unpaired) electrons. The van der Waals surface area contributed by atoms with E-state index in [1.54, 1.807) is 60.0 Å². The minimum Gasteiger partial charge on any atom is -0.478 e. The third-order valence-electron chi connectivity index (χ3n) is 9.88. The fourth-order valence-corrected chi connectivity index (χ4v) is 5.55. The highest BCUT2D eigenvalue weighted by molar-refractivity contribution is 5.95. The maximum Gasteiger partial charge on any atom is 0.446 e. The average Bonchev–Trinajstić information content (AvgIpc) is 3.23. The van der Waals surface area contributed by atoms with Crippen LogP contribution in [-0.2, 0) is 9.59 Å². The summed E-state index contributed by atoms with van der Waals surface area (Å²) in [4.78, 5) is 58.1. The van der Waals surface area contributed by atoms with E-state index in [4.69, 9.17) is 20.4 Å². The van der Waals surface area contributed by atoms with Crippen molar-refractivity contribution in [2.45, 2.75) is 111 Å². The molecule has 68 heavy (non-hydrogen) atoms. The number of benzene rings is 4. The zero-order valence-corrected chi connectivity index (χ0v) is 41.2. The number of nitrogens with zero attached hydrogens (tertiary/aromatic N) is 3. The van der Waals surface area contributed by atoms with Gasteiger partial charge in [-0.3, -0.25) is 14.6 Å². The normalized spacial score (nSPS) is 9.47. The van der Waals surface area contributed by atoms with E-state index in [1.165, 1.54) is 61.0 Å². The van der Waals surface area contributed by atoms with Gasteiger partial charge in [-0.1, -0.05) is 14.9 Å². The van der Waals surface area contributed by atoms with Crippen molar-refractivity contribution >= 4 is 53.1 Å². The summed E-state index contributed by atoms with van der Waals surface area (Å²) in [5, 5.41) is 17.6. The van der Waals surface area contributed by atoms with E-state index in [-0.39, 0.29) is 32.7 Å². The fraction of sp³-hybridized carbons (Fsp3) is 0.431. The van der Waals surface area contributed by atoms with Crippen molar-refractivity contribution in [1.29, 1.82) is 0 Å². The van der Waals surface area contributed by atoms with Crippen LogP contribution in [0.1, 0.15) is 102 Å². The molecule has 4 rings (SSSR count). The summed E-state index contributed by atoms with van der Waals surface area (Å²) in [7, 11) is 5.22. The zero-order valence-electron chi connectivity index (χ0n) is 41.2. The summed E-state index contributed by atoms with van der Waals surface area (Å²) >= 11 is 0. The largest absolute Gasteiger partial charge is 0.478 e. The van der Waals surface area contributed by atoms with E-state index >= 15 is 0 Å². The van der Waals surface area contributed by atoms with Gasteiger partial charge in [0, 0.05) is 63.5 Å². The number of carboxylic acids is 1. The Morgan fingerprint density at radius 2 is 1.01 bits per heavy atom. The first-order chi connectivity index (χ1) is 30.6. The van der Waals surface area contributed by atoms with Crippen molar-refractivity contribution in [1.82, 2.24) is 10.6 Å². The second kappa shape index (κ2) is 33.7. The summed E-state index contributed by atoms with van der Waals surface area (Å²) in [6.45, 7) is 26.8. The number of rotatable bonds is 7. The number of aldehydes is 1. The van der Waals surface area contributed by atoms with Crippen molar-refractivity contribution in [3.05, 3.63) is 116 Å². The molecular formula is C51H77F4N7O6. The van der Waals surface area contributed by atoms with Crippen molar-refractivity contribution in [3.8, 4) is 0 Å². The summed E-state index contributed by atoms with van der Waals surface area (Å²) in [5.74, 6) is -1.23. The van der Waals surface area contributed by atoms with E-state index in [0.29, 0.717) is 53.3 Å². The molecule has 0 bridgehead atoms. The van der Waals surface area contributed by atoms with Crippen LogP contribution in [0.5, 0.6) is 0 Å². The smallest absolute Gasteiger partial charge is 0.446 e. The number of isocyanates is 1. The third-order valence-corrected chi connectivity index (χ3v) is 9.88. The highest BCUT2D eigenvalue weighted by atomic mass is 19.4. The number of nitrogen functional groups attached to an aromatic ring is 1. The molecule has 13 nitrogen and oxygen atoms in total. The first-order valence-corrected chi connectivity index (χ1v) is 20.9. The lowest BCUT2D eigenvalue weighted by molar-refractivity contribution is -0.156. The predicted molar refractivity (Wildman–Crippen MR) is 273 cm³/mol. The number of alkyl halides is 3. The van der Waals surface area contributed by atoms with Crippen LogP contribution < -0.4 is 31.5 Å². The molecule has 4 aromatic carbocycles. The van der Waals surface area contributed by atoms with Crippen LogP contribution >= 0.6 is 0 Å². The molecule has 0 aliphatic carbocycles. The summed E-state index contributed by atoms with van der Waals surface area (Å²) in [5.41, 5.74) is 20.0. The molecule has 0 heterocycles. The maximum atomic E-state index is 13.5. The molecule has 380 valence electrons. The highest BCUT2D eigenvalue weighted by Crippen LogP contribution is 2.24. The van der Waals surface area contributed by atoms with Crippen molar-refractivity contribution < 1.29 is 46.6 Å². The van der Waals surface area contributed by atoms with Crippen LogP contribution in [0.4, 0.5) is 49.9 Å². The number of hydrogen-bond donors (Lipinski definition) is 5. The first kappa shape index (κ1) is 67.8. The number of anilines is 4. The molecule has 0 saturated heterocycles.